The van der Waals surface area contributed by atoms with Gasteiger partial charge in [0.05, 0.1) is 24.1 Å². The summed E-state index contributed by atoms with van der Waals surface area (Å²) in [6.45, 7) is -0.327. The average Bonchev–Trinajstić information content (AvgIpc) is 2.30. The highest BCUT2D eigenvalue weighted by Gasteiger charge is 2.16. The van der Waals surface area contributed by atoms with Crippen LogP contribution in [0.4, 0.5) is 5.69 Å². The molecule has 0 aliphatic heterocycles. The van der Waals surface area contributed by atoms with Gasteiger partial charge in [-0.15, -0.1) is 0 Å². The molecular weight excluding hydrogens is 290 g/mol. The summed E-state index contributed by atoms with van der Waals surface area (Å²) in [6.07, 6.45) is 1.00. The fourth-order valence-corrected chi connectivity index (χ4v) is 1.75. The van der Waals surface area contributed by atoms with Crippen molar-refractivity contribution >= 4 is 33.2 Å². The van der Waals surface area contributed by atoms with Gasteiger partial charge in [0.1, 0.15) is 6.07 Å². The Kier molecular flexibility index (Phi) is 4.89. The van der Waals surface area contributed by atoms with Crippen LogP contribution in [0, 0.1) is 11.3 Å². The molecule has 8 heteroatoms. The molecule has 0 heterocycles. The van der Waals surface area contributed by atoms with E-state index < -0.39 is 15.9 Å². The SMILES string of the molecule is CN(CC(=O)Nc1ccc(Cl)cc1C#N)S(C)(=O)=O. The minimum absolute atomic E-state index is 0.211. The highest BCUT2D eigenvalue weighted by molar-refractivity contribution is 7.88. The standard InChI is InChI=1S/C11H12ClN3O3S/c1-15(19(2,17)18)7-11(16)14-10-4-3-9(12)5-8(10)6-13/h3-5H,7H2,1-2H3,(H,14,16). The van der Waals surface area contributed by atoms with Gasteiger partial charge in [-0.2, -0.15) is 9.57 Å². The lowest BCUT2D eigenvalue weighted by Crippen LogP contribution is -2.34. The quantitative estimate of drug-likeness (QED) is 0.899. The van der Waals surface area contributed by atoms with Crippen LogP contribution in [0.1, 0.15) is 5.56 Å². The van der Waals surface area contributed by atoms with Gasteiger partial charge in [-0.25, -0.2) is 8.42 Å². The summed E-state index contributed by atoms with van der Waals surface area (Å²) in [5, 5.41) is 11.7. The van der Waals surface area contributed by atoms with Gasteiger partial charge in [-0.3, -0.25) is 4.79 Å². The van der Waals surface area contributed by atoms with Crippen molar-refractivity contribution < 1.29 is 13.2 Å². The molecule has 0 radical (unpaired) electrons. The third-order valence-corrected chi connectivity index (χ3v) is 3.81. The van der Waals surface area contributed by atoms with Gasteiger partial charge in [0, 0.05) is 12.1 Å². The van der Waals surface area contributed by atoms with Crippen LogP contribution >= 0.6 is 11.6 Å². The van der Waals surface area contributed by atoms with E-state index in [1.807, 2.05) is 6.07 Å². The number of amides is 1. The molecule has 0 aliphatic rings. The number of rotatable bonds is 4. The Morgan fingerprint density at radius 1 is 1.53 bits per heavy atom. The Morgan fingerprint density at radius 2 is 2.16 bits per heavy atom. The number of carbonyl (C=O) groups excluding carboxylic acids is 1. The van der Waals surface area contributed by atoms with E-state index >= 15 is 0 Å². The molecule has 0 atom stereocenters. The number of hydrogen-bond acceptors (Lipinski definition) is 4. The van der Waals surface area contributed by atoms with Crippen molar-refractivity contribution in [1.29, 1.82) is 5.26 Å². The molecular formula is C11H12ClN3O3S. The van der Waals surface area contributed by atoms with Crippen LogP contribution in [-0.4, -0.2) is 38.5 Å². The summed E-state index contributed by atoms with van der Waals surface area (Å²) in [4.78, 5) is 11.7. The molecule has 0 aliphatic carbocycles. The van der Waals surface area contributed by atoms with Gasteiger partial charge in [-0.05, 0) is 18.2 Å². The molecule has 0 saturated heterocycles. The second kappa shape index (κ2) is 6.02. The van der Waals surface area contributed by atoms with Crippen LogP contribution in [0.5, 0.6) is 0 Å². The number of nitriles is 1. The average molecular weight is 302 g/mol. The lowest BCUT2D eigenvalue weighted by atomic mass is 10.2. The van der Waals surface area contributed by atoms with Crippen LogP contribution < -0.4 is 5.32 Å². The van der Waals surface area contributed by atoms with Crippen molar-refractivity contribution in [2.75, 3.05) is 25.2 Å². The molecule has 1 rings (SSSR count). The molecule has 0 fully saturated rings. The molecule has 1 aromatic carbocycles. The summed E-state index contributed by atoms with van der Waals surface area (Å²) in [7, 11) is -2.13. The van der Waals surface area contributed by atoms with Crippen molar-refractivity contribution in [2.24, 2.45) is 0 Å². The topological polar surface area (TPSA) is 90.3 Å². The monoisotopic (exact) mass is 301 g/mol. The normalized spacial score (nSPS) is 11.1. The van der Waals surface area contributed by atoms with E-state index in [2.05, 4.69) is 5.32 Å². The Labute approximate surface area is 116 Å². The van der Waals surface area contributed by atoms with E-state index in [0.717, 1.165) is 10.6 Å². The van der Waals surface area contributed by atoms with Crippen LogP contribution in [0.15, 0.2) is 18.2 Å². The lowest BCUT2D eigenvalue weighted by Gasteiger charge is -2.14. The van der Waals surface area contributed by atoms with Gasteiger partial charge >= 0.3 is 0 Å². The van der Waals surface area contributed by atoms with Crippen molar-refractivity contribution in [3.8, 4) is 6.07 Å². The second-order valence-electron chi connectivity index (χ2n) is 3.87. The molecule has 0 aromatic heterocycles. The predicted octanol–water partition coefficient (Wildman–Crippen LogP) is 1.04. The minimum atomic E-state index is -3.43. The van der Waals surface area contributed by atoms with E-state index in [0.29, 0.717) is 10.7 Å². The van der Waals surface area contributed by atoms with Gasteiger partial charge in [0.2, 0.25) is 15.9 Å². The lowest BCUT2D eigenvalue weighted by molar-refractivity contribution is -0.116. The highest BCUT2D eigenvalue weighted by atomic mass is 35.5. The first-order valence-corrected chi connectivity index (χ1v) is 7.37. The summed E-state index contributed by atoms with van der Waals surface area (Å²) in [5.74, 6) is -0.535. The molecule has 1 N–H and O–H groups in total. The number of anilines is 1. The number of sulfonamides is 1. The molecule has 1 amide bonds. The first-order valence-electron chi connectivity index (χ1n) is 5.15. The van der Waals surface area contributed by atoms with Crippen molar-refractivity contribution in [2.45, 2.75) is 0 Å². The predicted molar refractivity (Wildman–Crippen MR) is 72.3 cm³/mol. The molecule has 102 valence electrons. The van der Waals surface area contributed by atoms with Crippen molar-refractivity contribution in [3.05, 3.63) is 28.8 Å². The summed E-state index contributed by atoms with van der Waals surface area (Å²) in [6, 6.07) is 6.32. The molecule has 6 nitrogen and oxygen atoms in total. The number of benzene rings is 1. The maximum absolute atomic E-state index is 11.7. The van der Waals surface area contributed by atoms with Gasteiger partial charge in [-0.1, -0.05) is 11.6 Å². The van der Waals surface area contributed by atoms with E-state index in [-0.39, 0.29) is 12.1 Å². The second-order valence-corrected chi connectivity index (χ2v) is 6.39. The van der Waals surface area contributed by atoms with Crippen LogP contribution in [0.25, 0.3) is 0 Å². The fourth-order valence-electron chi connectivity index (χ4n) is 1.23. The first kappa shape index (κ1) is 15.4. The zero-order chi connectivity index (χ0) is 14.6. The summed E-state index contributed by atoms with van der Waals surface area (Å²) < 4.78 is 23.2. The number of hydrogen-bond donors (Lipinski definition) is 1. The van der Waals surface area contributed by atoms with Crippen LogP contribution in [0.2, 0.25) is 5.02 Å². The Bertz CT molecular complexity index is 637. The number of nitrogens with one attached hydrogen (secondary N) is 1. The number of halogens is 1. The Balaban J connectivity index is 2.82. The van der Waals surface area contributed by atoms with E-state index in [4.69, 9.17) is 16.9 Å². The maximum Gasteiger partial charge on any atom is 0.239 e. The third-order valence-electron chi connectivity index (χ3n) is 2.31. The molecule has 0 spiro atoms. The number of carbonyl (C=O) groups is 1. The van der Waals surface area contributed by atoms with E-state index in [9.17, 15) is 13.2 Å². The fraction of sp³-hybridized carbons (Fsp3) is 0.273. The van der Waals surface area contributed by atoms with Crippen LogP contribution in [-0.2, 0) is 14.8 Å². The molecule has 0 unspecified atom stereocenters. The van der Waals surface area contributed by atoms with Gasteiger partial charge in [0.15, 0.2) is 0 Å². The first-order chi connectivity index (χ1) is 8.74. The summed E-state index contributed by atoms with van der Waals surface area (Å²) in [5.41, 5.74) is 0.502. The Morgan fingerprint density at radius 3 is 2.68 bits per heavy atom. The van der Waals surface area contributed by atoms with Gasteiger partial charge in [0.25, 0.3) is 0 Å². The number of likely N-dealkylation sites (N-methyl/N-ethyl adjacent to an activating group) is 1. The smallest absolute Gasteiger partial charge is 0.239 e. The van der Waals surface area contributed by atoms with Crippen molar-refractivity contribution in [1.82, 2.24) is 4.31 Å². The van der Waals surface area contributed by atoms with E-state index in [1.54, 1.807) is 0 Å². The zero-order valence-electron chi connectivity index (χ0n) is 10.3. The summed E-state index contributed by atoms with van der Waals surface area (Å²) >= 11 is 5.72. The van der Waals surface area contributed by atoms with Crippen molar-refractivity contribution in [3.63, 3.8) is 0 Å². The highest BCUT2D eigenvalue weighted by Crippen LogP contribution is 2.19. The number of nitrogens with zero attached hydrogens (tertiary/aromatic N) is 2. The third kappa shape index (κ3) is 4.52. The molecule has 0 bridgehead atoms. The van der Waals surface area contributed by atoms with Crippen LogP contribution in [0.3, 0.4) is 0 Å². The van der Waals surface area contributed by atoms with Gasteiger partial charge < -0.3 is 5.32 Å². The largest absolute Gasteiger partial charge is 0.324 e. The molecule has 19 heavy (non-hydrogen) atoms. The molecule has 1 aromatic rings. The Hall–Kier alpha value is -1.62. The molecule has 0 saturated carbocycles. The van der Waals surface area contributed by atoms with E-state index in [1.165, 1.54) is 25.2 Å². The maximum atomic E-state index is 11.7. The minimum Gasteiger partial charge on any atom is -0.324 e. The zero-order valence-corrected chi connectivity index (χ0v) is 11.9.